The molecule has 6 heteroatoms. The number of thiazole rings is 1. The van der Waals surface area contributed by atoms with E-state index in [1.807, 2.05) is 25.1 Å². The smallest absolute Gasteiger partial charge is 0.268 e. The summed E-state index contributed by atoms with van der Waals surface area (Å²) in [6.07, 6.45) is 4.06. The van der Waals surface area contributed by atoms with Crippen molar-refractivity contribution in [2.45, 2.75) is 13.3 Å². The number of carbonyl (C=O) groups excluding carboxylic acids is 1. The van der Waals surface area contributed by atoms with Crippen molar-refractivity contribution in [1.29, 1.82) is 5.26 Å². The maximum absolute atomic E-state index is 12.0. The number of carbonyl (C=O) groups is 1. The molecule has 0 aliphatic carbocycles. The van der Waals surface area contributed by atoms with E-state index in [4.69, 9.17) is 10.00 Å². The Morgan fingerprint density at radius 3 is 2.82 bits per heavy atom. The van der Waals surface area contributed by atoms with Gasteiger partial charge in [0.2, 0.25) is 0 Å². The first-order valence-corrected chi connectivity index (χ1v) is 7.66. The number of hydrogen-bond donors (Lipinski definition) is 1. The summed E-state index contributed by atoms with van der Waals surface area (Å²) in [6, 6.07) is 9.14. The zero-order valence-corrected chi connectivity index (χ0v) is 12.9. The number of benzene rings is 1. The topological polar surface area (TPSA) is 75.0 Å². The Hall–Kier alpha value is -2.65. The number of nitrogens with one attached hydrogen (secondary N) is 1. The highest BCUT2D eigenvalue weighted by molar-refractivity contribution is 7.13. The van der Waals surface area contributed by atoms with Gasteiger partial charge < -0.3 is 4.74 Å². The molecule has 2 rings (SSSR count). The summed E-state index contributed by atoms with van der Waals surface area (Å²) >= 11 is 1.30. The van der Waals surface area contributed by atoms with E-state index in [-0.39, 0.29) is 5.57 Å². The van der Waals surface area contributed by atoms with Crippen LogP contribution in [-0.2, 0) is 4.79 Å². The molecular weight excluding hydrogens is 298 g/mol. The van der Waals surface area contributed by atoms with E-state index in [0.29, 0.717) is 11.7 Å². The van der Waals surface area contributed by atoms with Gasteiger partial charge in [0.05, 0.1) is 6.61 Å². The van der Waals surface area contributed by atoms with Crippen LogP contribution in [0.1, 0.15) is 18.9 Å². The minimum absolute atomic E-state index is 0.0254. The standard InChI is InChI=1S/C16H15N3O2S/c1-2-8-21-14-5-3-12(4-6-14)10-13(11-17)15(20)19-16-18-7-9-22-16/h3-7,9-10H,2,8H2,1H3,(H,18,19,20)/b13-10+. The van der Waals surface area contributed by atoms with E-state index in [1.54, 1.807) is 23.7 Å². The molecule has 5 nitrogen and oxygen atoms in total. The Labute approximate surface area is 132 Å². The molecule has 0 fully saturated rings. The molecular formula is C16H15N3O2S. The molecule has 0 radical (unpaired) electrons. The lowest BCUT2D eigenvalue weighted by Crippen LogP contribution is -2.13. The van der Waals surface area contributed by atoms with Gasteiger partial charge in [-0.05, 0) is 30.2 Å². The molecule has 1 amide bonds. The SMILES string of the molecule is CCCOc1ccc(/C=C(\C#N)C(=O)Nc2nccs2)cc1. The van der Waals surface area contributed by atoms with Gasteiger partial charge in [0.1, 0.15) is 17.4 Å². The number of hydrogen-bond acceptors (Lipinski definition) is 5. The predicted octanol–water partition coefficient (Wildman–Crippen LogP) is 3.48. The fourth-order valence-electron chi connectivity index (χ4n) is 1.65. The van der Waals surface area contributed by atoms with Gasteiger partial charge in [-0.1, -0.05) is 19.1 Å². The number of nitrogens with zero attached hydrogens (tertiary/aromatic N) is 2. The molecule has 1 heterocycles. The van der Waals surface area contributed by atoms with Crippen molar-refractivity contribution in [2.24, 2.45) is 0 Å². The van der Waals surface area contributed by atoms with Crippen LogP contribution in [0.15, 0.2) is 41.4 Å². The number of aromatic nitrogens is 1. The molecule has 1 aromatic carbocycles. The molecule has 0 atom stereocenters. The first-order valence-electron chi connectivity index (χ1n) is 6.78. The van der Waals surface area contributed by atoms with Gasteiger partial charge in [-0.3, -0.25) is 10.1 Å². The molecule has 2 aromatic rings. The fraction of sp³-hybridized carbons (Fsp3) is 0.188. The summed E-state index contributed by atoms with van der Waals surface area (Å²) in [4.78, 5) is 15.9. The molecule has 0 aliphatic heterocycles. The van der Waals surface area contributed by atoms with Crippen molar-refractivity contribution in [1.82, 2.24) is 4.98 Å². The highest BCUT2D eigenvalue weighted by Gasteiger charge is 2.10. The zero-order chi connectivity index (χ0) is 15.8. The minimum atomic E-state index is -0.469. The van der Waals surface area contributed by atoms with Gasteiger partial charge in [-0.25, -0.2) is 4.98 Å². The Morgan fingerprint density at radius 1 is 1.45 bits per heavy atom. The van der Waals surface area contributed by atoms with Crippen molar-refractivity contribution in [3.8, 4) is 11.8 Å². The van der Waals surface area contributed by atoms with Crippen LogP contribution in [0, 0.1) is 11.3 Å². The molecule has 0 bridgehead atoms. The van der Waals surface area contributed by atoms with Crippen molar-refractivity contribution in [2.75, 3.05) is 11.9 Å². The number of ether oxygens (including phenoxy) is 1. The van der Waals surface area contributed by atoms with Crippen LogP contribution < -0.4 is 10.1 Å². The Bertz CT molecular complexity index is 685. The molecule has 0 unspecified atom stereocenters. The Balaban J connectivity index is 2.08. The van der Waals surface area contributed by atoms with E-state index in [2.05, 4.69) is 10.3 Å². The fourth-order valence-corrected chi connectivity index (χ4v) is 2.17. The van der Waals surface area contributed by atoms with Crippen LogP contribution in [0.2, 0.25) is 0 Å². The third-order valence-electron chi connectivity index (χ3n) is 2.68. The summed E-state index contributed by atoms with van der Waals surface area (Å²) in [5.41, 5.74) is 0.784. The molecule has 0 aliphatic rings. The van der Waals surface area contributed by atoms with Crippen LogP contribution in [0.25, 0.3) is 6.08 Å². The van der Waals surface area contributed by atoms with Gasteiger partial charge in [0.15, 0.2) is 5.13 Å². The highest BCUT2D eigenvalue weighted by Crippen LogP contribution is 2.16. The summed E-state index contributed by atoms with van der Waals surface area (Å²) in [6.45, 7) is 2.70. The number of anilines is 1. The summed E-state index contributed by atoms with van der Waals surface area (Å²) in [5, 5.41) is 13.9. The predicted molar refractivity (Wildman–Crippen MR) is 86.6 cm³/mol. The van der Waals surface area contributed by atoms with E-state index in [9.17, 15) is 4.79 Å². The molecule has 112 valence electrons. The molecule has 0 saturated carbocycles. The molecule has 1 N–H and O–H groups in total. The van der Waals surface area contributed by atoms with E-state index in [0.717, 1.165) is 17.7 Å². The van der Waals surface area contributed by atoms with E-state index >= 15 is 0 Å². The number of nitriles is 1. The monoisotopic (exact) mass is 313 g/mol. The lowest BCUT2D eigenvalue weighted by Gasteiger charge is -2.04. The molecule has 1 aromatic heterocycles. The maximum atomic E-state index is 12.0. The Kier molecular flexibility index (Phi) is 5.69. The van der Waals surface area contributed by atoms with Gasteiger partial charge in [0, 0.05) is 11.6 Å². The highest BCUT2D eigenvalue weighted by atomic mass is 32.1. The van der Waals surface area contributed by atoms with Gasteiger partial charge in [-0.15, -0.1) is 11.3 Å². The van der Waals surface area contributed by atoms with Gasteiger partial charge in [0.25, 0.3) is 5.91 Å². The van der Waals surface area contributed by atoms with E-state index in [1.165, 1.54) is 17.4 Å². The van der Waals surface area contributed by atoms with E-state index < -0.39 is 5.91 Å². The summed E-state index contributed by atoms with van der Waals surface area (Å²) in [5.74, 6) is 0.300. The first-order chi connectivity index (χ1) is 10.7. The van der Waals surface area contributed by atoms with Crippen LogP contribution in [0.3, 0.4) is 0 Å². The lowest BCUT2D eigenvalue weighted by molar-refractivity contribution is -0.112. The average Bonchev–Trinajstić information content (AvgIpc) is 3.04. The van der Waals surface area contributed by atoms with Gasteiger partial charge >= 0.3 is 0 Å². The second-order valence-electron chi connectivity index (χ2n) is 4.38. The van der Waals surface area contributed by atoms with Crippen LogP contribution in [-0.4, -0.2) is 17.5 Å². The third kappa shape index (κ3) is 4.43. The second kappa shape index (κ2) is 7.96. The van der Waals surface area contributed by atoms with Crippen molar-refractivity contribution in [3.05, 3.63) is 47.0 Å². The maximum Gasteiger partial charge on any atom is 0.268 e. The third-order valence-corrected chi connectivity index (χ3v) is 3.37. The quantitative estimate of drug-likeness (QED) is 0.654. The summed E-state index contributed by atoms with van der Waals surface area (Å²) in [7, 11) is 0. The first kappa shape index (κ1) is 15.7. The number of amides is 1. The minimum Gasteiger partial charge on any atom is -0.494 e. The normalized spacial score (nSPS) is 10.8. The lowest BCUT2D eigenvalue weighted by atomic mass is 10.1. The molecule has 0 saturated heterocycles. The average molecular weight is 313 g/mol. The molecule has 0 spiro atoms. The summed E-state index contributed by atoms with van der Waals surface area (Å²) < 4.78 is 5.49. The number of rotatable bonds is 6. The van der Waals surface area contributed by atoms with Crippen LogP contribution >= 0.6 is 11.3 Å². The Morgan fingerprint density at radius 2 is 2.23 bits per heavy atom. The second-order valence-corrected chi connectivity index (χ2v) is 5.27. The van der Waals surface area contributed by atoms with Crippen LogP contribution in [0.5, 0.6) is 5.75 Å². The largest absolute Gasteiger partial charge is 0.494 e. The van der Waals surface area contributed by atoms with Gasteiger partial charge in [-0.2, -0.15) is 5.26 Å². The zero-order valence-electron chi connectivity index (χ0n) is 12.1. The van der Waals surface area contributed by atoms with Crippen molar-refractivity contribution < 1.29 is 9.53 Å². The van der Waals surface area contributed by atoms with Crippen molar-refractivity contribution >= 4 is 28.5 Å². The van der Waals surface area contributed by atoms with Crippen LogP contribution in [0.4, 0.5) is 5.13 Å². The van der Waals surface area contributed by atoms with Crippen molar-refractivity contribution in [3.63, 3.8) is 0 Å². The molecule has 22 heavy (non-hydrogen) atoms.